The zero-order chi connectivity index (χ0) is 21.1. The molecule has 0 spiro atoms. The third kappa shape index (κ3) is 4.73. The van der Waals surface area contributed by atoms with E-state index in [1.807, 2.05) is 9.80 Å². The van der Waals surface area contributed by atoms with Crippen LogP contribution >= 0.6 is 0 Å². The number of piperazine rings is 1. The van der Waals surface area contributed by atoms with Gasteiger partial charge in [-0.25, -0.2) is 0 Å². The summed E-state index contributed by atoms with van der Waals surface area (Å²) in [6.45, 7) is 4.94. The molecule has 2 amide bonds. The second-order valence-corrected chi connectivity index (χ2v) is 7.85. The zero-order valence-corrected chi connectivity index (χ0v) is 17.1. The predicted octanol–water partition coefficient (Wildman–Crippen LogP) is 1.27. The third-order valence-electron chi connectivity index (χ3n) is 5.68. The molecule has 3 aliphatic heterocycles. The quantitative estimate of drug-likeness (QED) is 0.696. The number of carbonyl (C=O) groups excluding carboxylic acids is 3. The first-order chi connectivity index (χ1) is 14.5. The molecule has 9 heteroatoms. The molecule has 162 valence electrons. The highest BCUT2D eigenvalue weighted by atomic mass is 16.7. The maximum Gasteiger partial charge on any atom is 0.238 e. The number of ketones is 1. The normalized spacial score (nSPS) is 21.0. The van der Waals surface area contributed by atoms with E-state index in [9.17, 15) is 14.4 Å². The van der Waals surface area contributed by atoms with Crippen LogP contribution in [0.2, 0.25) is 0 Å². The van der Waals surface area contributed by atoms with E-state index in [0.717, 1.165) is 19.4 Å². The zero-order valence-electron chi connectivity index (χ0n) is 17.1. The molecule has 0 aliphatic carbocycles. The summed E-state index contributed by atoms with van der Waals surface area (Å²) >= 11 is 0. The van der Waals surface area contributed by atoms with Gasteiger partial charge in [0, 0.05) is 44.4 Å². The van der Waals surface area contributed by atoms with Gasteiger partial charge >= 0.3 is 0 Å². The number of nitrogens with one attached hydrogen (secondary N) is 1. The summed E-state index contributed by atoms with van der Waals surface area (Å²) < 4.78 is 16.2. The number of Topliss-reactive ketones (excluding diaryl/α,β-unsaturated/α-hetero) is 1. The number of rotatable bonds is 6. The highest BCUT2D eigenvalue weighted by molar-refractivity contribution is 6.05. The summed E-state index contributed by atoms with van der Waals surface area (Å²) in [5, 5.41) is 2.82. The molecular weight excluding hydrogens is 390 g/mol. The molecule has 1 aromatic carbocycles. The number of hydrogen-bond donors (Lipinski definition) is 1. The van der Waals surface area contributed by atoms with Crippen LogP contribution in [0, 0.1) is 0 Å². The van der Waals surface area contributed by atoms with Crippen LogP contribution in [0.15, 0.2) is 12.1 Å². The Balaban J connectivity index is 1.28. The van der Waals surface area contributed by atoms with E-state index in [0.29, 0.717) is 55.3 Å². The minimum Gasteiger partial charge on any atom is -0.454 e. The molecule has 1 unspecified atom stereocenters. The van der Waals surface area contributed by atoms with Gasteiger partial charge in [-0.15, -0.1) is 0 Å². The molecule has 9 nitrogen and oxygen atoms in total. The van der Waals surface area contributed by atoms with Crippen LogP contribution in [0.1, 0.15) is 36.5 Å². The van der Waals surface area contributed by atoms with Crippen LogP contribution in [0.4, 0.5) is 5.69 Å². The summed E-state index contributed by atoms with van der Waals surface area (Å²) in [6, 6.07) is 3.22. The summed E-state index contributed by atoms with van der Waals surface area (Å²) in [6.07, 6.45) is 2.47. The van der Waals surface area contributed by atoms with E-state index in [1.54, 1.807) is 12.1 Å². The van der Waals surface area contributed by atoms with Gasteiger partial charge < -0.3 is 24.4 Å². The Labute approximate surface area is 175 Å². The smallest absolute Gasteiger partial charge is 0.238 e. The number of anilines is 1. The molecule has 0 radical (unpaired) electrons. The predicted molar refractivity (Wildman–Crippen MR) is 108 cm³/mol. The van der Waals surface area contributed by atoms with Gasteiger partial charge in [0.25, 0.3) is 0 Å². The lowest BCUT2D eigenvalue weighted by Crippen LogP contribution is -2.50. The minimum atomic E-state index is -0.213. The number of amides is 2. The van der Waals surface area contributed by atoms with Gasteiger partial charge in [0.1, 0.15) is 0 Å². The summed E-state index contributed by atoms with van der Waals surface area (Å²) in [4.78, 5) is 40.8. The van der Waals surface area contributed by atoms with Gasteiger partial charge in [0.2, 0.25) is 18.6 Å². The molecule has 0 aromatic heterocycles. The van der Waals surface area contributed by atoms with Crippen LogP contribution in [0.25, 0.3) is 0 Å². The summed E-state index contributed by atoms with van der Waals surface area (Å²) in [5.41, 5.74) is 0.805. The van der Waals surface area contributed by atoms with Gasteiger partial charge in [0.15, 0.2) is 17.3 Å². The second-order valence-electron chi connectivity index (χ2n) is 7.85. The average Bonchev–Trinajstić information content (AvgIpc) is 3.39. The molecule has 3 aliphatic rings. The van der Waals surface area contributed by atoms with Crippen LogP contribution < -0.4 is 14.8 Å². The largest absolute Gasteiger partial charge is 0.454 e. The van der Waals surface area contributed by atoms with Crippen molar-refractivity contribution in [2.45, 2.75) is 32.3 Å². The Morgan fingerprint density at radius 2 is 1.83 bits per heavy atom. The molecular formula is C21H27N3O6. The van der Waals surface area contributed by atoms with Crippen molar-refractivity contribution in [2.24, 2.45) is 0 Å². The summed E-state index contributed by atoms with van der Waals surface area (Å²) in [7, 11) is 0. The van der Waals surface area contributed by atoms with Crippen molar-refractivity contribution < 1.29 is 28.6 Å². The Bertz CT molecular complexity index is 828. The molecule has 4 rings (SSSR count). The van der Waals surface area contributed by atoms with E-state index in [4.69, 9.17) is 14.2 Å². The molecule has 30 heavy (non-hydrogen) atoms. The first-order valence-corrected chi connectivity index (χ1v) is 10.4. The number of fused-ring (bicyclic) bond motifs is 1. The number of ether oxygens (including phenoxy) is 3. The molecule has 0 saturated carbocycles. The van der Waals surface area contributed by atoms with E-state index < -0.39 is 0 Å². The lowest BCUT2D eigenvalue weighted by molar-refractivity contribution is -0.135. The Hall–Kier alpha value is -2.65. The van der Waals surface area contributed by atoms with Crippen molar-refractivity contribution in [1.29, 1.82) is 0 Å². The number of nitrogens with zero attached hydrogens (tertiary/aromatic N) is 2. The molecule has 1 aromatic rings. The van der Waals surface area contributed by atoms with Crippen molar-refractivity contribution in [3.8, 4) is 11.5 Å². The van der Waals surface area contributed by atoms with E-state index in [1.165, 1.54) is 6.92 Å². The Morgan fingerprint density at radius 1 is 1.10 bits per heavy atom. The lowest BCUT2D eigenvalue weighted by Gasteiger charge is -2.34. The number of benzene rings is 1. The molecule has 1 N–H and O–H groups in total. The van der Waals surface area contributed by atoms with Crippen LogP contribution in [0.5, 0.6) is 11.5 Å². The molecule has 2 fully saturated rings. The van der Waals surface area contributed by atoms with E-state index >= 15 is 0 Å². The third-order valence-corrected chi connectivity index (χ3v) is 5.68. The Kier molecular flexibility index (Phi) is 6.19. The van der Waals surface area contributed by atoms with Gasteiger partial charge in [0.05, 0.1) is 24.8 Å². The number of carbonyl (C=O) groups is 3. The van der Waals surface area contributed by atoms with Crippen molar-refractivity contribution >= 4 is 23.3 Å². The standard InChI is InChI=1S/C21H27N3O6/c1-14(25)16-10-18-19(30-13-29-18)11-17(16)22-20(26)12-23-4-6-24(7-5-23)21(27)9-15-3-2-8-28-15/h10-11,15H,2-9,12-13H2,1H3,(H,22,26). The monoisotopic (exact) mass is 417 g/mol. The SMILES string of the molecule is CC(=O)c1cc2c(cc1NC(=O)CN1CCN(C(=O)CC3CCCO3)CC1)OCO2. The first kappa shape index (κ1) is 20.6. The van der Waals surface area contributed by atoms with Gasteiger partial charge in [-0.2, -0.15) is 0 Å². The van der Waals surface area contributed by atoms with Gasteiger partial charge in [-0.05, 0) is 25.8 Å². The van der Waals surface area contributed by atoms with Crippen molar-refractivity contribution in [3.63, 3.8) is 0 Å². The molecule has 0 bridgehead atoms. The maximum atomic E-state index is 12.6. The fourth-order valence-electron chi connectivity index (χ4n) is 4.01. The minimum absolute atomic E-state index is 0.0541. The van der Waals surface area contributed by atoms with E-state index in [2.05, 4.69) is 5.32 Å². The summed E-state index contributed by atoms with van der Waals surface area (Å²) in [5.74, 6) is 0.755. The average molecular weight is 417 g/mol. The maximum absolute atomic E-state index is 12.6. The molecule has 1 atom stereocenters. The highest BCUT2D eigenvalue weighted by Gasteiger charge is 2.27. The second kappa shape index (κ2) is 9.01. The van der Waals surface area contributed by atoms with Crippen molar-refractivity contribution in [1.82, 2.24) is 9.80 Å². The molecule has 2 saturated heterocycles. The van der Waals surface area contributed by atoms with Crippen LogP contribution in [0.3, 0.4) is 0 Å². The Morgan fingerprint density at radius 3 is 2.50 bits per heavy atom. The first-order valence-electron chi connectivity index (χ1n) is 10.4. The lowest BCUT2D eigenvalue weighted by atomic mass is 10.1. The fraction of sp³-hybridized carbons (Fsp3) is 0.571. The van der Waals surface area contributed by atoms with Crippen molar-refractivity contribution in [3.05, 3.63) is 17.7 Å². The highest BCUT2D eigenvalue weighted by Crippen LogP contribution is 2.37. The molecule has 3 heterocycles. The van der Waals surface area contributed by atoms with E-state index in [-0.39, 0.29) is 37.0 Å². The fourth-order valence-corrected chi connectivity index (χ4v) is 4.01. The topological polar surface area (TPSA) is 97.4 Å². The number of hydrogen-bond acceptors (Lipinski definition) is 7. The van der Waals surface area contributed by atoms with Gasteiger partial charge in [-0.1, -0.05) is 0 Å². The van der Waals surface area contributed by atoms with Crippen molar-refractivity contribution in [2.75, 3.05) is 51.4 Å². The van der Waals surface area contributed by atoms with Gasteiger partial charge in [-0.3, -0.25) is 19.3 Å². The van der Waals surface area contributed by atoms with Crippen LogP contribution in [-0.2, 0) is 14.3 Å². The van der Waals surface area contributed by atoms with Crippen LogP contribution in [-0.4, -0.2) is 79.6 Å².